The van der Waals surface area contributed by atoms with Gasteiger partial charge in [0, 0.05) is 12.4 Å². The monoisotopic (exact) mass is 230 g/mol. The van der Waals surface area contributed by atoms with Crippen molar-refractivity contribution in [1.29, 1.82) is 0 Å². The summed E-state index contributed by atoms with van der Waals surface area (Å²) in [6, 6.07) is 0.681. The van der Waals surface area contributed by atoms with Crippen molar-refractivity contribution in [1.82, 2.24) is 0 Å². The van der Waals surface area contributed by atoms with Crippen LogP contribution in [0, 0.1) is 0 Å². The van der Waals surface area contributed by atoms with Gasteiger partial charge in [0.05, 0.1) is 12.1 Å². The number of rotatable bonds is 6. The van der Waals surface area contributed by atoms with E-state index in [-0.39, 0.29) is 0 Å². The average molecular weight is 230 g/mol. The standard InChI is InChI=1S/C10H18N2S2/c1-13-5-3-9-7-12-10(8-11-9)4-6-14-2/h7-10H,3-6H2,1-2H3. The van der Waals surface area contributed by atoms with Gasteiger partial charge < -0.3 is 0 Å². The Morgan fingerprint density at radius 2 is 1.36 bits per heavy atom. The summed E-state index contributed by atoms with van der Waals surface area (Å²) in [4.78, 5) is 9.01. The third-order valence-electron chi connectivity index (χ3n) is 2.13. The molecule has 1 rings (SSSR count). The molecule has 0 amide bonds. The van der Waals surface area contributed by atoms with E-state index in [0.29, 0.717) is 12.1 Å². The highest BCUT2D eigenvalue weighted by Crippen LogP contribution is 2.09. The fourth-order valence-corrected chi connectivity index (χ4v) is 2.23. The van der Waals surface area contributed by atoms with Gasteiger partial charge in [-0.3, -0.25) is 9.98 Å². The van der Waals surface area contributed by atoms with Crippen molar-refractivity contribution in [2.45, 2.75) is 24.9 Å². The van der Waals surface area contributed by atoms with E-state index < -0.39 is 0 Å². The van der Waals surface area contributed by atoms with E-state index in [4.69, 9.17) is 0 Å². The van der Waals surface area contributed by atoms with Gasteiger partial charge in [0.1, 0.15) is 0 Å². The van der Waals surface area contributed by atoms with Crippen LogP contribution in [0.25, 0.3) is 0 Å². The van der Waals surface area contributed by atoms with Gasteiger partial charge in [0.15, 0.2) is 0 Å². The highest BCUT2D eigenvalue weighted by atomic mass is 32.2. The molecule has 0 fully saturated rings. The molecule has 0 aromatic rings. The van der Waals surface area contributed by atoms with Crippen molar-refractivity contribution in [2.75, 3.05) is 24.0 Å². The number of hydrogen-bond acceptors (Lipinski definition) is 4. The minimum absolute atomic E-state index is 0.341. The molecule has 14 heavy (non-hydrogen) atoms. The molecule has 2 unspecified atom stereocenters. The zero-order valence-corrected chi connectivity index (χ0v) is 10.5. The normalized spacial score (nSPS) is 25.6. The third-order valence-corrected chi connectivity index (χ3v) is 3.42. The highest BCUT2D eigenvalue weighted by molar-refractivity contribution is 7.98. The minimum atomic E-state index is 0.341. The Morgan fingerprint density at radius 3 is 1.64 bits per heavy atom. The van der Waals surface area contributed by atoms with Crippen LogP contribution in [0.3, 0.4) is 0 Å². The molecular weight excluding hydrogens is 212 g/mol. The number of thioether (sulfide) groups is 2. The summed E-state index contributed by atoms with van der Waals surface area (Å²) >= 11 is 3.74. The van der Waals surface area contributed by atoms with Gasteiger partial charge in [-0.1, -0.05) is 0 Å². The first-order valence-electron chi connectivity index (χ1n) is 4.91. The fourth-order valence-electron chi connectivity index (χ4n) is 1.27. The Hall–Kier alpha value is 0.0400. The Kier molecular flexibility index (Phi) is 6.36. The maximum absolute atomic E-state index is 4.50. The van der Waals surface area contributed by atoms with Crippen LogP contribution in [-0.4, -0.2) is 48.5 Å². The van der Waals surface area contributed by atoms with E-state index in [9.17, 15) is 0 Å². The second-order valence-corrected chi connectivity index (χ2v) is 5.27. The molecule has 0 bridgehead atoms. The maximum Gasteiger partial charge on any atom is 0.0851 e. The Morgan fingerprint density at radius 1 is 0.929 bits per heavy atom. The lowest BCUT2D eigenvalue weighted by atomic mass is 10.2. The third kappa shape index (κ3) is 4.51. The first-order chi connectivity index (χ1) is 6.86. The van der Waals surface area contributed by atoms with E-state index >= 15 is 0 Å². The van der Waals surface area contributed by atoms with Crippen LogP contribution >= 0.6 is 23.5 Å². The zero-order valence-electron chi connectivity index (χ0n) is 8.85. The molecule has 4 heteroatoms. The van der Waals surface area contributed by atoms with Crippen LogP contribution in [0.2, 0.25) is 0 Å². The van der Waals surface area contributed by atoms with Gasteiger partial charge in [-0.2, -0.15) is 23.5 Å². The molecule has 1 aliphatic rings. The van der Waals surface area contributed by atoms with E-state index in [1.807, 2.05) is 36.0 Å². The van der Waals surface area contributed by atoms with Gasteiger partial charge in [-0.05, 0) is 36.9 Å². The molecule has 2 atom stereocenters. The summed E-state index contributed by atoms with van der Waals surface area (Å²) in [5, 5.41) is 0. The topological polar surface area (TPSA) is 24.7 Å². The van der Waals surface area contributed by atoms with Crippen molar-refractivity contribution >= 4 is 36.0 Å². The predicted octanol–water partition coefficient (Wildman–Crippen LogP) is 2.39. The molecule has 0 saturated heterocycles. The largest absolute Gasteiger partial charge is 0.286 e. The summed E-state index contributed by atoms with van der Waals surface area (Å²) in [6.45, 7) is 0. The minimum Gasteiger partial charge on any atom is -0.286 e. The fraction of sp³-hybridized carbons (Fsp3) is 0.800. The molecule has 1 heterocycles. The van der Waals surface area contributed by atoms with Gasteiger partial charge in [-0.15, -0.1) is 0 Å². The van der Waals surface area contributed by atoms with Crippen molar-refractivity contribution in [3.63, 3.8) is 0 Å². The molecule has 0 N–H and O–H groups in total. The molecular formula is C10H18N2S2. The predicted molar refractivity (Wildman–Crippen MR) is 70.6 cm³/mol. The lowest BCUT2D eigenvalue weighted by molar-refractivity contribution is 0.770. The Bertz CT molecular complexity index is 170. The molecule has 0 aromatic carbocycles. The van der Waals surface area contributed by atoms with E-state index in [1.54, 1.807) is 0 Å². The van der Waals surface area contributed by atoms with Crippen LogP contribution in [0.15, 0.2) is 9.98 Å². The van der Waals surface area contributed by atoms with E-state index in [2.05, 4.69) is 22.5 Å². The number of nitrogens with zero attached hydrogens (tertiary/aromatic N) is 2. The van der Waals surface area contributed by atoms with E-state index in [1.165, 1.54) is 11.5 Å². The second-order valence-electron chi connectivity index (χ2n) is 3.29. The second kappa shape index (κ2) is 7.35. The van der Waals surface area contributed by atoms with Crippen LogP contribution in [0.5, 0.6) is 0 Å². The average Bonchev–Trinajstić information content (AvgIpc) is 2.25. The lowest BCUT2D eigenvalue weighted by Crippen LogP contribution is -2.20. The first-order valence-corrected chi connectivity index (χ1v) is 7.70. The molecule has 80 valence electrons. The molecule has 0 radical (unpaired) electrons. The van der Waals surface area contributed by atoms with Gasteiger partial charge >= 0.3 is 0 Å². The lowest BCUT2D eigenvalue weighted by Gasteiger charge is -2.14. The summed E-state index contributed by atoms with van der Waals surface area (Å²) < 4.78 is 0. The first kappa shape index (κ1) is 12.1. The SMILES string of the molecule is CSCCC1C=NC(CCSC)C=N1. The van der Waals surface area contributed by atoms with Crippen LogP contribution in [0.1, 0.15) is 12.8 Å². The smallest absolute Gasteiger partial charge is 0.0851 e. The van der Waals surface area contributed by atoms with Crippen molar-refractivity contribution < 1.29 is 0 Å². The van der Waals surface area contributed by atoms with E-state index in [0.717, 1.165) is 12.8 Å². The summed E-state index contributed by atoms with van der Waals surface area (Å²) in [7, 11) is 0. The van der Waals surface area contributed by atoms with Crippen molar-refractivity contribution in [3.8, 4) is 0 Å². The van der Waals surface area contributed by atoms with Crippen molar-refractivity contribution in [3.05, 3.63) is 0 Å². The number of hydrogen-bond donors (Lipinski definition) is 0. The van der Waals surface area contributed by atoms with Gasteiger partial charge in [-0.25, -0.2) is 0 Å². The molecule has 0 spiro atoms. The zero-order chi connectivity index (χ0) is 10.2. The molecule has 1 aliphatic heterocycles. The Labute approximate surface area is 95.1 Å². The highest BCUT2D eigenvalue weighted by Gasteiger charge is 2.10. The summed E-state index contributed by atoms with van der Waals surface area (Å²) in [6.07, 6.45) is 10.6. The van der Waals surface area contributed by atoms with Gasteiger partial charge in [0.25, 0.3) is 0 Å². The maximum atomic E-state index is 4.50. The quantitative estimate of drug-likeness (QED) is 0.700. The van der Waals surface area contributed by atoms with Gasteiger partial charge in [0.2, 0.25) is 0 Å². The Balaban J connectivity index is 2.22. The number of aliphatic imine (C=N–C) groups is 2. The molecule has 0 aliphatic carbocycles. The van der Waals surface area contributed by atoms with Crippen LogP contribution < -0.4 is 0 Å². The molecule has 0 aromatic heterocycles. The summed E-state index contributed by atoms with van der Waals surface area (Å²) in [5.74, 6) is 2.34. The molecule has 2 nitrogen and oxygen atoms in total. The summed E-state index contributed by atoms with van der Waals surface area (Å²) in [5.41, 5.74) is 0. The van der Waals surface area contributed by atoms with Crippen LogP contribution in [-0.2, 0) is 0 Å². The van der Waals surface area contributed by atoms with Crippen LogP contribution in [0.4, 0.5) is 0 Å². The van der Waals surface area contributed by atoms with Crippen molar-refractivity contribution in [2.24, 2.45) is 9.98 Å². The molecule has 0 saturated carbocycles.